The van der Waals surface area contributed by atoms with Crippen molar-refractivity contribution in [3.8, 4) is 5.75 Å². The van der Waals surface area contributed by atoms with Gasteiger partial charge in [0, 0.05) is 5.39 Å². The summed E-state index contributed by atoms with van der Waals surface area (Å²) in [5, 5.41) is 9.65. The molecule has 0 saturated heterocycles. The number of rotatable bonds is 5. The highest BCUT2D eigenvalue weighted by atomic mass is 16.5. The van der Waals surface area contributed by atoms with Gasteiger partial charge < -0.3 is 14.3 Å². The van der Waals surface area contributed by atoms with Gasteiger partial charge in [0.05, 0.1) is 12.7 Å². The van der Waals surface area contributed by atoms with E-state index in [1.165, 1.54) is 18.2 Å². The monoisotopic (exact) mass is 322 g/mol. The topological polar surface area (TPSA) is 76.7 Å². The third-order valence-electron chi connectivity index (χ3n) is 3.56. The molecule has 0 atom stereocenters. The number of carbonyl (C=O) groups excluding carboxylic acids is 1. The second-order valence-corrected chi connectivity index (χ2v) is 5.11. The Labute approximate surface area is 137 Å². The van der Waals surface area contributed by atoms with Crippen molar-refractivity contribution in [2.45, 2.75) is 0 Å². The molecule has 120 valence electrons. The van der Waals surface area contributed by atoms with Crippen LogP contribution >= 0.6 is 0 Å². The Bertz CT molecular complexity index is 932. The van der Waals surface area contributed by atoms with Crippen molar-refractivity contribution in [1.82, 2.24) is 0 Å². The van der Waals surface area contributed by atoms with E-state index in [4.69, 9.17) is 14.3 Å². The highest BCUT2D eigenvalue weighted by Gasteiger charge is 2.12. The van der Waals surface area contributed by atoms with Gasteiger partial charge in [0.2, 0.25) is 5.78 Å². The smallest absolute Gasteiger partial charge is 0.335 e. The summed E-state index contributed by atoms with van der Waals surface area (Å²) in [6, 6.07) is 13.3. The van der Waals surface area contributed by atoms with Crippen LogP contribution in [0.1, 0.15) is 26.5 Å². The van der Waals surface area contributed by atoms with E-state index in [0.717, 1.165) is 10.9 Å². The van der Waals surface area contributed by atoms with Crippen molar-refractivity contribution in [2.75, 3.05) is 7.11 Å². The van der Waals surface area contributed by atoms with Crippen LogP contribution in [0.25, 0.3) is 17.0 Å². The number of methoxy groups -OCH3 is 1. The Kier molecular flexibility index (Phi) is 4.16. The van der Waals surface area contributed by atoms with Crippen LogP contribution in [0.5, 0.6) is 5.75 Å². The van der Waals surface area contributed by atoms with Crippen LogP contribution in [0.2, 0.25) is 0 Å². The van der Waals surface area contributed by atoms with E-state index in [1.54, 1.807) is 37.5 Å². The molecule has 0 fully saturated rings. The van der Waals surface area contributed by atoms with Gasteiger partial charge in [-0.05, 0) is 35.9 Å². The van der Waals surface area contributed by atoms with Gasteiger partial charge in [-0.15, -0.1) is 0 Å². The lowest BCUT2D eigenvalue weighted by Crippen LogP contribution is -1.95. The highest BCUT2D eigenvalue weighted by Crippen LogP contribution is 2.28. The number of allylic oxidation sites excluding steroid dienone is 1. The van der Waals surface area contributed by atoms with E-state index in [1.807, 2.05) is 12.1 Å². The van der Waals surface area contributed by atoms with Crippen LogP contribution in [0.4, 0.5) is 0 Å². The number of furan rings is 1. The van der Waals surface area contributed by atoms with Crippen LogP contribution in [0, 0.1) is 0 Å². The SMILES string of the molecule is COc1cccc2cc(C(=O)/C=C/c3ccc(C(=O)O)cc3)oc12. The summed E-state index contributed by atoms with van der Waals surface area (Å²) in [7, 11) is 1.54. The Hall–Kier alpha value is -3.34. The van der Waals surface area contributed by atoms with Crippen LogP contribution in [-0.2, 0) is 0 Å². The summed E-state index contributed by atoms with van der Waals surface area (Å²) in [4.78, 5) is 23.1. The summed E-state index contributed by atoms with van der Waals surface area (Å²) in [6.45, 7) is 0. The maximum atomic E-state index is 12.2. The van der Waals surface area contributed by atoms with E-state index in [2.05, 4.69) is 0 Å². The number of carboxylic acids is 1. The Balaban J connectivity index is 1.83. The van der Waals surface area contributed by atoms with Gasteiger partial charge >= 0.3 is 5.97 Å². The summed E-state index contributed by atoms with van der Waals surface area (Å²) < 4.78 is 10.8. The lowest BCUT2D eigenvalue weighted by atomic mass is 10.1. The number of aromatic carboxylic acids is 1. The number of benzene rings is 2. The average molecular weight is 322 g/mol. The maximum Gasteiger partial charge on any atom is 0.335 e. The Morgan fingerprint density at radius 3 is 2.54 bits per heavy atom. The first-order valence-electron chi connectivity index (χ1n) is 7.21. The summed E-state index contributed by atoms with van der Waals surface area (Å²) in [5.74, 6) is -0.485. The zero-order valence-electron chi connectivity index (χ0n) is 12.9. The summed E-state index contributed by atoms with van der Waals surface area (Å²) in [5.41, 5.74) is 1.45. The number of carboxylic acid groups (broad SMARTS) is 1. The van der Waals surface area contributed by atoms with E-state index in [9.17, 15) is 9.59 Å². The van der Waals surface area contributed by atoms with Crippen molar-refractivity contribution in [3.05, 3.63) is 71.5 Å². The van der Waals surface area contributed by atoms with Crippen molar-refractivity contribution in [2.24, 2.45) is 0 Å². The van der Waals surface area contributed by atoms with Crippen molar-refractivity contribution >= 4 is 28.8 Å². The fourth-order valence-electron chi connectivity index (χ4n) is 2.31. The lowest BCUT2D eigenvalue weighted by Gasteiger charge is -1.98. The molecule has 1 heterocycles. The number of fused-ring (bicyclic) bond motifs is 1. The van der Waals surface area contributed by atoms with Gasteiger partial charge in [0.25, 0.3) is 0 Å². The Morgan fingerprint density at radius 1 is 1.12 bits per heavy atom. The first kappa shape index (κ1) is 15.6. The molecule has 5 nitrogen and oxygen atoms in total. The molecule has 2 aromatic carbocycles. The van der Waals surface area contributed by atoms with E-state index in [0.29, 0.717) is 11.3 Å². The molecular formula is C19H14O5. The van der Waals surface area contributed by atoms with Gasteiger partial charge in [-0.3, -0.25) is 4.79 Å². The number of para-hydroxylation sites is 1. The predicted octanol–water partition coefficient (Wildman–Crippen LogP) is 4.04. The number of hydrogen-bond acceptors (Lipinski definition) is 4. The van der Waals surface area contributed by atoms with E-state index >= 15 is 0 Å². The quantitative estimate of drug-likeness (QED) is 0.567. The molecule has 0 unspecified atom stereocenters. The largest absolute Gasteiger partial charge is 0.493 e. The van der Waals surface area contributed by atoms with Gasteiger partial charge in [0.1, 0.15) is 0 Å². The number of carbonyl (C=O) groups is 2. The minimum Gasteiger partial charge on any atom is -0.493 e. The minimum atomic E-state index is -0.988. The van der Waals surface area contributed by atoms with Crippen molar-refractivity contribution < 1.29 is 23.8 Å². The van der Waals surface area contributed by atoms with E-state index in [-0.39, 0.29) is 17.1 Å². The molecule has 3 rings (SSSR count). The van der Waals surface area contributed by atoms with Crippen LogP contribution in [-0.4, -0.2) is 24.0 Å². The first-order chi connectivity index (χ1) is 11.6. The molecule has 0 aliphatic carbocycles. The van der Waals surface area contributed by atoms with Crippen LogP contribution < -0.4 is 4.74 Å². The van der Waals surface area contributed by atoms with Crippen molar-refractivity contribution in [3.63, 3.8) is 0 Å². The third kappa shape index (κ3) is 3.05. The summed E-state index contributed by atoms with van der Waals surface area (Å²) in [6.07, 6.45) is 3.00. The standard InChI is InChI=1S/C19H14O5/c1-23-16-4-2-3-14-11-17(24-18(14)16)15(20)10-7-12-5-8-13(9-6-12)19(21)22/h2-11H,1H3,(H,21,22)/b10-7+. The molecule has 0 saturated carbocycles. The van der Waals surface area contributed by atoms with Gasteiger partial charge in [0.15, 0.2) is 17.1 Å². The molecule has 0 amide bonds. The molecule has 24 heavy (non-hydrogen) atoms. The van der Waals surface area contributed by atoms with Crippen molar-refractivity contribution in [1.29, 1.82) is 0 Å². The number of hydrogen-bond donors (Lipinski definition) is 1. The number of ether oxygens (including phenoxy) is 1. The normalized spacial score (nSPS) is 11.0. The van der Waals surface area contributed by atoms with Gasteiger partial charge in [-0.25, -0.2) is 4.79 Å². The minimum absolute atomic E-state index is 0.197. The number of ketones is 1. The predicted molar refractivity (Wildman–Crippen MR) is 89.5 cm³/mol. The first-order valence-corrected chi connectivity index (χ1v) is 7.21. The molecule has 0 radical (unpaired) electrons. The highest BCUT2D eigenvalue weighted by molar-refractivity contribution is 6.07. The van der Waals surface area contributed by atoms with Gasteiger partial charge in [-0.2, -0.15) is 0 Å². The van der Waals surface area contributed by atoms with Crippen LogP contribution in [0.15, 0.2) is 59.0 Å². The second-order valence-electron chi connectivity index (χ2n) is 5.11. The fourth-order valence-corrected chi connectivity index (χ4v) is 2.31. The molecule has 5 heteroatoms. The molecule has 0 spiro atoms. The average Bonchev–Trinajstić information content (AvgIpc) is 3.04. The second kappa shape index (κ2) is 6.42. The molecule has 0 bridgehead atoms. The Morgan fingerprint density at radius 2 is 1.88 bits per heavy atom. The zero-order valence-corrected chi connectivity index (χ0v) is 12.9. The fraction of sp³-hybridized carbons (Fsp3) is 0.0526. The molecule has 0 aliphatic rings. The lowest BCUT2D eigenvalue weighted by molar-refractivity contribution is 0.0696. The molecule has 3 aromatic rings. The zero-order chi connectivity index (χ0) is 17.1. The van der Waals surface area contributed by atoms with Crippen LogP contribution in [0.3, 0.4) is 0 Å². The van der Waals surface area contributed by atoms with Gasteiger partial charge in [-0.1, -0.05) is 30.3 Å². The molecule has 0 aliphatic heterocycles. The molecule has 1 N–H and O–H groups in total. The maximum absolute atomic E-state index is 12.2. The summed E-state index contributed by atoms with van der Waals surface area (Å²) >= 11 is 0. The molecule has 1 aromatic heterocycles. The third-order valence-corrected chi connectivity index (χ3v) is 3.56. The molecular weight excluding hydrogens is 308 g/mol. The van der Waals surface area contributed by atoms with E-state index < -0.39 is 5.97 Å².